The Kier molecular flexibility index (Phi) is 7.03. The molecule has 0 heterocycles. The SMILES string of the molecule is CCCCCCCN(N)N=O. The Morgan fingerprint density at radius 1 is 1.27 bits per heavy atom. The molecule has 0 aliphatic heterocycles. The molecule has 0 unspecified atom stereocenters. The number of nitrogens with zero attached hydrogens (tertiary/aromatic N) is 2. The molecule has 0 fully saturated rings. The first kappa shape index (κ1) is 10.4. The second-order valence-corrected chi connectivity index (χ2v) is 2.66. The van der Waals surface area contributed by atoms with Crippen LogP contribution in [0.4, 0.5) is 0 Å². The maximum Gasteiger partial charge on any atom is 0.0681 e. The molecule has 0 atom stereocenters. The summed E-state index contributed by atoms with van der Waals surface area (Å²) < 4.78 is 0. The van der Waals surface area contributed by atoms with E-state index in [1.807, 2.05) is 0 Å². The quantitative estimate of drug-likeness (QED) is 0.267. The first-order chi connectivity index (χ1) is 5.31. The van der Waals surface area contributed by atoms with E-state index in [4.69, 9.17) is 5.84 Å². The van der Waals surface area contributed by atoms with Crippen molar-refractivity contribution in [2.45, 2.75) is 39.0 Å². The van der Waals surface area contributed by atoms with Crippen molar-refractivity contribution in [3.63, 3.8) is 0 Å². The Balaban J connectivity index is 2.95. The third kappa shape index (κ3) is 7.25. The first-order valence-electron chi connectivity index (χ1n) is 4.16. The molecule has 0 spiro atoms. The fourth-order valence-corrected chi connectivity index (χ4v) is 0.918. The Bertz CT molecular complexity index is 97.7. The molecule has 0 saturated heterocycles. The molecule has 0 aromatic rings. The van der Waals surface area contributed by atoms with Crippen LogP contribution in [0.25, 0.3) is 0 Å². The topological polar surface area (TPSA) is 58.7 Å². The van der Waals surface area contributed by atoms with Crippen molar-refractivity contribution in [3.8, 4) is 0 Å². The van der Waals surface area contributed by atoms with Gasteiger partial charge in [0.2, 0.25) is 0 Å². The van der Waals surface area contributed by atoms with Crippen molar-refractivity contribution < 1.29 is 0 Å². The van der Waals surface area contributed by atoms with E-state index < -0.39 is 0 Å². The fraction of sp³-hybridized carbons (Fsp3) is 1.00. The van der Waals surface area contributed by atoms with Crippen molar-refractivity contribution >= 4 is 0 Å². The second kappa shape index (κ2) is 7.47. The molecule has 66 valence electrons. The maximum atomic E-state index is 9.78. The molecule has 2 N–H and O–H groups in total. The standard InChI is InChI=1S/C7H17N3O/c1-2-3-4-5-6-7-10(8)9-11/h2-8H2,1H3. The van der Waals surface area contributed by atoms with E-state index in [9.17, 15) is 4.91 Å². The molecule has 0 rings (SSSR count). The number of hydrogen-bond acceptors (Lipinski definition) is 3. The zero-order chi connectivity index (χ0) is 8.53. The van der Waals surface area contributed by atoms with Crippen LogP contribution >= 0.6 is 0 Å². The summed E-state index contributed by atoms with van der Waals surface area (Å²) in [4.78, 5) is 9.78. The third-order valence-electron chi connectivity index (χ3n) is 1.60. The minimum Gasteiger partial charge on any atom is -0.229 e. The van der Waals surface area contributed by atoms with Crippen LogP contribution in [-0.4, -0.2) is 11.7 Å². The Morgan fingerprint density at radius 2 is 1.91 bits per heavy atom. The van der Waals surface area contributed by atoms with Crippen molar-refractivity contribution in [2.24, 2.45) is 11.1 Å². The Morgan fingerprint density at radius 3 is 2.45 bits per heavy atom. The predicted molar refractivity (Wildman–Crippen MR) is 45.4 cm³/mol. The lowest BCUT2D eigenvalue weighted by molar-refractivity contribution is 0.286. The summed E-state index contributed by atoms with van der Waals surface area (Å²) in [5, 5.41) is 3.52. The molecule has 0 aromatic heterocycles. The average Bonchev–Trinajstić information content (AvgIpc) is 2.04. The van der Waals surface area contributed by atoms with Gasteiger partial charge in [-0.25, -0.2) is 5.84 Å². The van der Waals surface area contributed by atoms with Gasteiger partial charge in [0.05, 0.1) is 11.8 Å². The number of hydrazine groups is 1. The van der Waals surface area contributed by atoms with Gasteiger partial charge in [-0.1, -0.05) is 32.6 Å². The highest BCUT2D eigenvalue weighted by atomic mass is 16.3. The van der Waals surface area contributed by atoms with Gasteiger partial charge >= 0.3 is 0 Å². The van der Waals surface area contributed by atoms with Crippen LogP contribution < -0.4 is 5.84 Å². The van der Waals surface area contributed by atoms with Gasteiger partial charge < -0.3 is 0 Å². The lowest BCUT2D eigenvalue weighted by atomic mass is 10.2. The lowest BCUT2D eigenvalue weighted by Gasteiger charge is -2.06. The highest BCUT2D eigenvalue weighted by molar-refractivity contribution is 4.45. The van der Waals surface area contributed by atoms with E-state index in [1.165, 1.54) is 19.3 Å². The van der Waals surface area contributed by atoms with Gasteiger partial charge in [0.1, 0.15) is 0 Å². The molecule has 4 nitrogen and oxygen atoms in total. The summed E-state index contributed by atoms with van der Waals surface area (Å²) >= 11 is 0. The van der Waals surface area contributed by atoms with Crippen LogP contribution in [0.1, 0.15) is 39.0 Å². The van der Waals surface area contributed by atoms with Crippen molar-refractivity contribution in [2.75, 3.05) is 6.54 Å². The van der Waals surface area contributed by atoms with Crippen LogP contribution in [-0.2, 0) is 0 Å². The Labute approximate surface area is 67.7 Å². The minimum absolute atomic E-state index is 0.577. The molecule has 0 amide bonds. The van der Waals surface area contributed by atoms with Crippen LogP contribution in [0.2, 0.25) is 0 Å². The largest absolute Gasteiger partial charge is 0.229 e. The van der Waals surface area contributed by atoms with Gasteiger partial charge in [0, 0.05) is 0 Å². The van der Waals surface area contributed by atoms with E-state index in [2.05, 4.69) is 12.2 Å². The number of unbranched alkanes of at least 4 members (excludes halogenated alkanes) is 4. The lowest BCUT2D eigenvalue weighted by Crippen LogP contribution is -2.25. The van der Waals surface area contributed by atoms with E-state index in [0.29, 0.717) is 6.54 Å². The van der Waals surface area contributed by atoms with Gasteiger partial charge in [-0.05, 0) is 6.42 Å². The molecule has 0 saturated carbocycles. The van der Waals surface area contributed by atoms with Gasteiger partial charge in [0.15, 0.2) is 0 Å². The van der Waals surface area contributed by atoms with Crippen LogP contribution in [0.5, 0.6) is 0 Å². The molecule has 0 radical (unpaired) electrons. The molecule has 0 bridgehead atoms. The summed E-state index contributed by atoms with van der Waals surface area (Å²) in [5.74, 6) is 5.14. The highest BCUT2D eigenvalue weighted by Gasteiger charge is 1.93. The van der Waals surface area contributed by atoms with E-state index in [1.54, 1.807) is 0 Å². The number of nitroso groups, excluding NO2 is 1. The number of rotatable bonds is 7. The van der Waals surface area contributed by atoms with Gasteiger partial charge in [-0.2, -0.15) is 5.12 Å². The smallest absolute Gasteiger partial charge is 0.0681 e. The molecule has 0 aromatic carbocycles. The predicted octanol–water partition coefficient (Wildman–Crippen LogP) is 1.81. The van der Waals surface area contributed by atoms with E-state index in [-0.39, 0.29) is 0 Å². The normalized spacial score (nSPS) is 9.64. The van der Waals surface area contributed by atoms with Gasteiger partial charge in [0.25, 0.3) is 0 Å². The average molecular weight is 159 g/mol. The molecular formula is C7H17N3O. The summed E-state index contributed by atoms with van der Waals surface area (Å²) in [6.45, 7) is 2.75. The van der Waals surface area contributed by atoms with Crippen molar-refractivity contribution in [1.82, 2.24) is 5.12 Å². The summed E-state index contributed by atoms with van der Waals surface area (Å²) in [6.07, 6.45) is 5.82. The van der Waals surface area contributed by atoms with Gasteiger partial charge in [-0.15, -0.1) is 4.91 Å². The number of hydrogen-bond donors (Lipinski definition) is 1. The third-order valence-corrected chi connectivity index (χ3v) is 1.60. The fourth-order valence-electron chi connectivity index (χ4n) is 0.918. The number of nitrogens with two attached hydrogens (primary N) is 1. The van der Waals surface area contributed by atoms with E-state index >= 15 is 0 Å². The van der Waals surface area contributed by atoms with Crippen LogP contribution in [0.3, 0.4) is 0 Å². The minimum atomic E-state index is 0.577. The Hall–Kier alpha value is -0.640. The molecule has 4 heteroatoms. The maximum absolute atomic E-state index is 9.78. The highest BCUT2D eigenvalue weighted by Crippen LogP contribution is 2.02. The molecule has 0 aliphatic rings. The van der Waals surface area contributed by atoms with Crippen LogP contribution in [0.15, 0.2) is 5.29 Å². The monoisotopic (exact) mass is 159 g/mol. The molecule has 11 heavy (non-hydrogen) atoms. The second-order valence-electron chi connectivity index (χ2n) is 2.66. The van der Waals surface area contributed by atoms with Gasteiger partial charge in [-0.3, -0.25) is 0 Å². The molecule has 0 aliphatic carbocycles. The summed E-state index contributed by atoms with van der Waals surface area (Å²) in [5.41, 5.74) is 0. The summed E-state index contributed by atoms with van der Waals surface area (Å²) in [7, 11) is 0. The van der Waals surface area contributed by atoms with Crippen molar-refractivity contribution in [3.05, 3.63) is 4.91 Å². The van der Waals surface area contributed by atoms with Crippen LogP contribution in [0, 0.1) is 4.91 Å². The van der Waals surface area contributed by atoms with Crippen molar-refractivity contribution in [1.29, 1.82) is 0 Å². The zero-order valence-corrected chi connectivity index (χ0v) is 7.12. The molecular weight excluding hydrogens is 142 g/mol. The first-order valence-corrected chi connectivity index (χ1v) is 4.16. The zero-order valence-electron chi connectivity index (χ0n) is 7.12. The van der Waals surface area contributed by atoms with E-state index in [0.717, 1.165) is 18.0 Å². The summed E-state index contributed by atoms with van der Waals surface area (Å²) in [6, 6.07) is 0.